The van der Waals surface area contributed by atoms with E-state index < -0.39 is 68.0 Å². The van der Waals surface area contributed by atoms with Gasteiger partial charge in [-0.2, -0.15) is 0 Å². The topological polar surface area (TPSA) is 190 Å². The van der Waals surface area contributed by atoms with Crippen molar-refractivity contribution >= 4 is 5.91 Å². The number of amides is 1. The Balaban J connectivity index is 1.75. The number of likely N-dealkylation sites (tertiary alicyclic amines) is 1. The van der Waals surface area contributed by atoms with E-state index in [2.05, 4.69) is 0 Å². The van der Waals surface area contributed by atoms with Crippen LogP contribution in [0.25, 0.3) is 0 Å². The van der Waals surface area contributed by atoms with Crippen LogP contribution in [0.5, 0.6) is 0 Å². The van der Waals surface area contributed by atoms with Crippen molar-refractivity contribution in [1.82, 2.24) is 4.90 Å². The van der Waals surface area contributed by atoms with Crippen molar-refractivity contribution in [2.45, 2.75) is 76.0 Å². The summed E-state index contributed by atoms with van der Waals surface area (Å²) in [5, 5.41) is 70.4. The highest BCUT2D eigenvalue weighted by atomic mass is 16.7. The van der Waals surface area contributed by atoms with E-state index in [9.17, 15) is 40.5 Å². The van der Waals surface area contributed by atoms with E-state index in [1.807, 2.05) is 13.8 Å². The van der Waals surface area contributed by atoms with Gasteiger partial charge in [-0.1, -0.05) is 13.8 Å². The maximum absolute atomic E-state index is 12.6. The summed E-state index contributed by atoms with van der Waals surface area (Å²) in [5.41, 5.74) is 0. The molecule has 0 spiro atoms. The zero-order valence-electron chi connectivity index (χ0n) is 18.9. The summed E-state index contributed by atoms with van der Waals surface area (Å²) in [4.78, 5) is 13.9. The smallest absolute Gasteiger partial charge is 0.283 e. The number of aliphatic hydroxyl groups excluding tert-OH is 4. The van der Waals surface area contributed by atoms with Crippen molar-refractivity contribution in [3.63, 3.8) is 0 Å². The van der Waals surface area contributed by atoms with Crippen LogP contribution in [0.2, 0.25) is 0 Å². The van der Waals surface area contributed by atoms with E-state index in [1.54, 1.807) is 0 Å². The summed E-state index contributed by atoms with van der Waals surface area (Å²) < 4.78 is 16.9. The molecule has 33 heavy (non-hydrogen) atoms. The lowest BCUT2D eigenvalue weighted by Crippen LogP contribution is -2.65. The van der Waals surface area contributed by atoms with Gasteiger partial charge < -0.3 is 54.9 Å². The minimum atomic E-state index is -3.25. The Labute approximate surface area is 192 Å². The quantitative estimate of drug-likeness (QED) is 0.179. The standard InChI is InChI=1S/C21H37NO11/c1-10(2)5-11-6-14(25)22(7-11)19-17(27)16(26)18(13(9-24)32-19)33-20-15(21(28,29)30)12(8-23)3-4-31-20/h10-13,15-20,23-24,26-30H,3-9H2,1-2H3. The molecule has 9 unspecified atom stereocenters. The molecule has 0 aromatic carbocycles. The van der Waals surface area contributed by atoms with Gasteiger partial charge >= 0.3 is 0 Å². The fourth-order valence-corrected chi connectivity index (χ4v) is 5.20. The molecule has 3 rings (SSSR count). The third-order valence-corrected chi connectivity index (χ3v) is 6.73. The first-order valence-corrected chi connectivity index (χ1v) is 11.4. The number of nitrogens with zero attached hydrogens (tertiary/aromatic N) is 1. The summed E-state index contributed by atoms with van der Waals surface area (Å²) in [7, 11) is 0. The molecule has 0 aromatic rings. The number of aliphatic hydroxyl groups is 7. The Kier molecular flexibility index (Phi) is 8.71. The SMILES string of the molecule is CC(C)CC1CC(=O)N(C2OC(CO)C(OC3OCCC(CO)C3C(O)(O)O)C(O)C2O)C1. The number of hydrogen-bond acceptors (Lipinski definition) is 11. The van der Waals surface area contributed by atoms with Gasteiger partial charge in [-0.25, -0.2) is 0 Å². The molecule has 1 amide bonds. The van der Waals surface area contributed by atoms with Crippen LogP contribution in [-0.2, 0) is 19.0 Å². The van der Waals surface area contributed by atoms with Crippen LogP contribution in [0.4, 0.5) is 0 Å². The second-order valence-corrected chi connectivity index (χ2v) is 9.76. The molecule has 3 saturated heterocycles. The van der Waals surface area contributed by atoms with Crippen LogP contribution in [0.15, 0.2) is 0 Å². The van der Waals surface area contributed by atoms with Gasteiger partial charge in [0.1, 0.15) is 24.4 Å². The van der Waals surface area contributed by atoms with E-state index >= 15 is 0 Å². The zero-order valence-corrected chi connectivity index (χ0v) is 18.9. The van der Waals surface area contributed by atoms with Crippen LogP contribution < -0.4 is 0 Å². The molecule has 0 saturated carbocycles. The van der Waals surface area contributed by atoms with Crippen molar-refractivity contribution in [2.24, 2.45) is 23.7 Å². The molecule has 9 atom stereocenters. The van der Waals surface area contributed by atoms with E-state index in [-0.39, 0.29) is 24.9 Å². The molecule has 12 nitrogen and oxygen atoms in total. The average molecular weight is 480 g/mol. The van der Waals surface area contributed by atoms with Crippen LogP contribution in [-0.4, -0.2) is 116 Å². The first-order chi connectivity index (χ1) is 15.5. The number of ether oxygens (including phenoxy) is 3. The maximum atomic E-state index is 12.6. The predicted molar refractivity (Wildman–Crippen MR) is 110 cm³/mol. The van der Waals surface area contributed by atoms with Gasteiger partial charge in [0.2, 0.25) is 5.91 Å². The number of hydrogen-bond donors (Lipinski definition) is 7. The molecule has 3 aliphatic rings. The van der Waals surface area contributed by atoms with Gasteiger partial charge in [0, 0.05) is 19.6 Å². The van der Waals surface area contributed by atoms with Crippen molar-refractivity contribution in [2.75, 3.05) is 26.4 Å². The minimum absolute atomic E-state index is 0.0701. The summed E-state index contributed by atoms with van der Waals surface area (Å²) in [5.74, 6) is -5.27. The summed E-state index contributed by atoms with van der Waals surface area (Å²) in [6, 6.07) is 0. The third-order valence-electron chi connectivity index (χ3n) is 6.73. The second kappa shape index (κ2) is 10.8. The van der Waals surface area contributed by atoms with Gasteiger partial charge in [-0.15, -0.1) is 0 Å². The van der Waals surface area contributed by atoms with E-state index in [4.69, 9.17) is 14.2 Å². The Morgan fingerprint density at radius 3 is 2.42 bits per heavy atom. The minimum Gasteiger partial charge on any atom is -0.396 e. The molecular weight excluding hydrogens is 442 g/mol. The van der Waals surface area contributed by atoms with Crippen LogP contribution in [0.3, 0.4) is 0 Å². The van der Waals surface area contributed by atoms with Crippen LogP contribution in [0.1, 0.15) is 33.1 Å². The Hall–Kier alpha value is -0.930. The summed E-state index contributed by atoms with van der Waals surface area (Å²) >= 11 is 0. The third kappa shape index (κ3) is 5.84. The van der Waals surface area contributed by atoms with E-state index in [0.29, 0.717) is 18.9 Å². The Morgan fingerprint density at radius 2 is 1.85 bits per heavy atom. The lowest BCUT2D eigenvalue weighted by atomic mass is 9.85. The molecule has 192 valence electrons. The van der Waals surface area contributed by atoms with Gasteiger partial charge in [0.15, 0.2) is 12.5 Å². The Bertz CT molecular complexity index is 655. The van der Waals surface area contributed by atoms with Crippen LogP contribution >= 0.6 is 0 Å². The summed E-state index contributed by atoms with van der Waals surface area (Å²) in [6.45, 7) is 3.40. The lowest BCUT2D eigenvalue weighted by molar-refractivity contribution is -0.406. The molecule has 0 aliphatic carbocycles. The largest absolute Gasteiger partial charge is 0.396 e. The predicted octanol–water partition coefficient (Wildman–Crippen LogP) is -2.69. The highest BCUT2D eigenvalue weighted by molar-refractivity contribution is 5.79. The molecule has 0 radical (unpaired) electrons. The first-order valence-electron chi connectivity index (χ1n) is 11.4. The zero-order chi connectivity index (χ0) is 24.5. The number of carbonyl (C=O) groups is 1. The van der Waals surface area contributed by atoms with Crippen molar-refractivity contribution in [1.29, 1.82) is 0 Å². The van der Waals surface area contributed by atoms with Gasteiger partial charge in [0.25, 0.3) is 5.97 Å². The molecule has 7 N–H and O–H groups in total. The van der Waals surface area contributed by atoms with E-state index in [0.717, 1.165) is 6.42 Å². The Morgan fingerprint density at radius 1 is 1.15 bits per heavy atom. The molecule has 3 heterocycles. The molecule has 0 aromatic heterocycles. The first kappa shape index (κ1) is 26.7. The van der Waals surface area contributed by atoms with Crippen LogP contribution in [0, 0.1) is 23.7 Å². The lowest BCUT2D eigenvalue weighted by Gasteiger charge is -2.48. The molecule has 3 fully saturated rings. The van der Waals surface area contributed by atoms with E-state index in [1.165, 1.54) is 4.90 Å². The maximum Gasteiger partial charge on any atom is 0.283 e. The van der Waals surface area contributed by atoms with Crippen molar-refractivity contribution < 1.29 is 54.8 Å². The van der Waals surface area contributed by atoms with Gasteiger partial charge in [-0.05, 0) is 30.6 Å². The number of rotatable bonds is 8. The van der Waals surface area contributed by atoms with Gasteiger partial charge in [0.05, 0.1) is 19.1 Å². The fraction of sp³-hybridized carbons (Fsp3) is 0.952. The monoisotopic (exact) mass is 479 g/mol. The molecule has 0 bridgehead atoms. The molecular formula is C21H37NO11. The van der Waals surface area contributed by atoms with Crippen molar-refractivity contribution in [3.05, 3.63) is 0 Å². The highest BCUT2D eigenvalue weighted by Crippen LogP contribution is 2.37. The normalized spacial score (nSPS) is 40.6. The fourth-order valence-electron chi connectivity index (χ4n) is 5.20. The van der Waals surface area contributed by atoms with Crippen molar-refractivity contribution in [3.8, 4) is 0 Å². The van der Waals surface area contributed by atoms with Gasteiger partial charge in [-0.3, -0.25) is 4.79 Å². The number of carbonyl (C=O) groups excluding carboxylic acids is 1. The second-order valence-electron chi connectivity index (χ2n) is 9.76. The summed E-state index contributed by atoms with van der Waals surface area (Å²) in [6.07, 6.45) is -7.09. The average Bonchev–Trinajstić information content (AvgIpc) is 3.09. The molecule has 3 aliphatic heterocycles. The molecule has 12 heteroatoms. The highest BCUT2D eigenvalue weighted by Gasteiger charge is 2.54.